The van der Waals surface area contributed by atoms with Gasteiger partial charge < -0.3 is 10.0 Å². The van der Waals surface area contributed by atoms with Gasteiger partial charge in [-0.1, -0.05) is 17.7 Å². The molecular weight excluding hydrogens is 288 g/mol. The van der Waals surface area contributed by atoms with E-state index in [1.807, 2.05) is 12.1 Å². The molecule has 4 nitrogen and oxygen atoms in total. The van der Waals surface area contributed by atoms with Gasteiger partial charge in [-0.3, -0.25) is 4.90 Å². The third-order valence-electron chi connectivity index (χ3n) is 3.99. The summed E-state index contributed by atoms with van der Waals surface area (Å²) < 4.78 is 0. The maximum absolute atomic E-state index is 11.0. The van der Waals surface area contributed by atoms with E-state index in [9.17, 15) is 4.79 Å². The summed E-state index contributed by atoms with van der Waals surface area (Å²) in [4.78, 5) is 15.7. The fraction of sp³-hybridized carbons (Fsp3) is 0.438. The second-order valence-corrected chi connectivity index (χ2v) is 5.96. The van der Waals surface area contributed by atoms with E-state index in [0.717, 1.165) is 25.3 Å². The molecule has 1 saturated heterocycles. The first-order chi connectivity index (χ1) is 9.93. The molecule has 0 saturated carbocycles. The van der Waals surface area contributed by atoms with Crippen molar-refractivity contribution < 1.29 is 9.90 Å². The highest BCUT2D eigenvalue weighted by atomic mass is 35.5. The number of carboxylic acids is 1. The van der Waals surface area contributed by atoms with Crippen LogP contribution in [0.2, 0.25) is 5.02 Å². The van der Waals surface area contributed by atoms with E-state index in [2.05, 4.69) is 30.2 Å². The molecule has 2 rings (SSSR count). The molecule has 1 aromatic rings. The standard InChI is InChI=1S/C16H21ClN2O2/c1-4-7-19-11(2)9-18(10-12(19)3)13-5-6-14(16(20)21)15(17)8-13/h4-6,8,11-12H,1,7,9-10H2,2-3H3,(H,20,21)/t11-,12+. The Morgan fingerprint density at radius 1 is 1.43 bits per heavy atom. The molecular formula is C16H21ClN2O2. The molecule has 1 N–H and O–H groups in total. The number of carbonyl (C=O) groups is 1. The van der Waals surface area contributed by atoms with E-state index in [-0.39, 0.29) is 10.6 Å². The molecule has 1 heterocycles. The quantitative estimate of drug-likeness (QED) is 0.868. The van der Waals surface area contributed by atoms with Gasteiger partial charge in [-0.2, -0.15) is 0 Å². The average Bonchev–Trinajstić information content (AvgIpc) is 2.42. The number of halogens is 1. The van der Waals surface area contributed by atoms with Crippen LogP contribution in [-0.4, -0.2) is 47.7 Å². The first-order valence-corrected chi connectivity index (χ1v) is 7.46. The monoisotopic (exact) mass is 308 g/mol. The third-order valence-corrected chi connectivity index (χ3v) is 4.30. The minimum Gasteiger partial charge on any atom is -0.478 e. The zero-order valence-corrected chi connectivity index (χ0v) is 13.2. The summed E-state index contributed by atoms with van der Waals surface area (Å²) in [6.45, 7) is 10.9. The Hall–Kier alpha value is -1.52. The predicted molar refractivity (Wildman–Crippen MR) is 86.5 cm³/mol. The first kappa shape index (κ1) is 15.9. The summed E-state index contributed by atoms with van der Waals surface area (Å²) in [7, 11) is 0. The summed E-state index contributed by atoms with van der Waals surface area (Å²) in [6, 6.07) is 5.96. The van der Waals surface area contributed by atoms with Crippen LogP contribution in [0, 0.1) is 0 Å². The summed E-state index contributed by atoms with van der Waals surface area (Å²) in [5.74, 6) is -0.996. The van der Waals surface area contributed by atoms with Gasteiger partial charge >= 0.3 is 5.97 Å². The molecule has 1 aliphatic rings. The van der Waals surface area contributed by atoms with Crippen LogP contribution >= 0.6 is 11.6 Å². The SMILES string of the molecule is C=CCN1[C@H](C)CN(c2ccc(C(=O)O)c(Cl)c2)C[C@@H]1C. The van der Waals surface area contributed by atoms with Gasteiger partial charge in [0, 0.05) is 37.4 Å². The minimum absolute atomic E-state index is 0.145. The number of carboxylic acid groups (broad SMARTS) is 1. The lowest BCUT2D eigenvalue weighted by Crippen LogP contribution is -2.56. The molecule has 114 valence electrons. The lowest BCUT2D eigenvalue weighted by molar-refractivity contribution is 0.0697. The lowest BCUT2D eigenvalue weighted by Gasteiger charge is -2.45. The molecule has 0 radical (unpaired) electrons. The number of nitrogens with zero attached hydrogens (tertiary/aromatic N) is 2. The first-order valence-electron chi connectivity index (χ1n) is 7.08. The number of hydrogen-bond acceptors (Lipinski definition) is 3. The van der Waals surface area contributed by atoms with Crippen molar-refractivity contribution in [3.05, 3.63) is 41.4 Å². The van der Waals surface area contributed by atoms with Crippen LogP contribution in [0.25, 0.3) is 0 Å². The van der Waals surface area contributed by atoms with Crippen molar-refractivity contribution in [2.45, 2.75) is 25.9 Å². The van der Waals surface area contributed by atoms with E-state index >= 15 is 0 Å². The molecule has 0 aliphatic carbocycles. The molecule has 5 heteroatoms. The summed E-state index contributed by atoms with van der Waals surface area (Å²) in [6.07, 6.45) is 1.93. The molecule has 0 unspecified atom stereocenters. The van der Waals surface area contributed by atoms with Gasteiger partial charge in [0.2, 0.25) is 0 Å². The predicted octanol–water partition coefficient (Wildman–Crippen LogP) is 3.12. The highest BCUT2D eigenvalue weighted by Crippen LogP contribution is 2.27. The fourth-order valence-corrected chi connectivity index (χ4v) is 3.21. The van der Waals surface area contributed by atoms with Crippen molar-refractivity contribution in [1.82, 2.24) is 4.90 Å². The fourth-order valence-electron chi connectivity index (χ4n) is 2.95. The molecule has 21 heavy (non-hydrogen) atoms. The van der Waals surface area contributed by atoms with E-state index in [1.54, 1.807) is 12.1 Å². The summed E-state index contributed by atoms with van der Waals surface area (Å²) in [5, 5.41) is 9.32. The van der Waals surface area contributed by atoms with Crippen molar-refractivity contribution >= 4 is 23.3 Å². The normalized spacial score (nSPS) is 23.1. The van der Waals surface area contributed by atoms with E-state index in [4.69, 9.17) is 16.7 Å². The van der Waals surface area contributed by atoms with Gasteiger partial charge in [0.15, 0.2) is 0 Å². The van der Waals surface area contributed by atoms with Gasteiger partial charge in [0.05, 0.1) is 10.6 Å². The van der Waals surface area contributed by atoms with Crippen LogP contribution in [0.5, 0.6) is 0 Å². The largest absolute Gasteiger partial charge is 0.478 e. The third kappa shape index (κ3) is 3.39. The van der Waals surface area contributed by atoms with Crippen LogP contribution < -0.4 is 4.90 Å². The Morgan fingerprint density at radius 2 is 2.05 bits per heavy atom. The van der Waals surface area contributed by atoms with Crippen LogP contribution in [0.3, 0.4) is 0 Å². The Labute approximate surface area is 130 Å². The number of benzene rings is 1. The topological polar surface area (TPSA) is 43.8 Å². The van der Waals surface area contributed by atoms with Crippen LogP contribution in [0.4, 0.5) is 5.69 Å². The van der Waals surface area contributed by atoms with E-state index in [0.29, 0.717) is 12.1 Å². The summed E-state index contributed by atoms with van der Waals surface area (Å²) >= 11 is 6.06. The molecule has 0 bridgehead atoms. The molecule has 1 fully saturated rings. The second-order valence-electron chi connectivity index (χ2n) is 5.56. The number of anilines is 1. The van der Waals surface area contributed by atoms with Gasteiger partial charge in [0.1, 0.15) is 0 Å². The highest BCUT2D eigenvalue weighted by Gasteiger charge is 2.28. The number of aromatic carboxylic acids is 1. The van der Waals surface area contributed by atoms with Crippen molar-refractivity contribution in [3.8, 4) is 0 Å². The van der Waals surface area contributed by atoms with Crippen molar-refractivity contribution in [2.75, 3.05) is 24.5 Å². The Kier molecular flexibility index (Phi) is 4.91. The molecule has 2 atom stereocenters. The van der Waals surface area contributed by atoms with Crippen LogP contribution in [-0.2, 0) is 0 Å². The zero-order valence-electron chi connectivity index (χ0n) is 12.4. The van der Waals surface area contributed by atoms with Gasteiger partial charge in [0.25, 0.3) is 0 Å². The Morgan fingerprint density at radius 3 is 2.52 bits per heavy atom. The van der Waals surface area contributed by atoms with E-state index in [1.165, 1.54) is 0 Å². The molecule has 0 spiro atoms. The number of piperazine rings is 1. The van der Waals surface area contributed by atoms with Crippen molar-refractivity contribution in [1.29, 1.82) is 0 Å². The van der Waals surface area contributed by atoms with Crippen LogP contribution in [0.1, 0.15) is 24.2 Å². The highest BCUT2D eigenvalue weighted by molar-refractivity contribution is 6.33. The minimum atomic E-state index is -0.996. The molecule has 1 aliphatic heterocycles. The van der Waals surface area contributed by atoms with Crippen LogP contribution in [0.15, 0.2) is 30.9 Å². The number of hydrogen-bond donors (Lipinski definition) is 1. The number of rotatable bonds is 4. The maximum Gasteiger partial charge on any atom is 0.337 e. The van der Waals surface area contributed by atoms with E-state index < -0.39 is 5.97 Å². The molecule has 1 aromatic carbocycles. The smallest absolute Gasteiger partial charge is 0.337 e. The molecule has 0 amide bonds. The molecule has 0 aromatic heterocycles. The zero-order chi connectivity index (χ0) is 15.6. The van der Waals surface area contributed by atoms with Gasteiger partial charge in [-0.15, -0.1) is 6.58 Å². The van der Waals surface area contributed by atoms with Gasteiger partial charge in [-0.05, 0) is 32.0 Å². The van der Waals surface area contributed by atoms with Crippen molar-refractivity contribution in [2.24, 2.45) is 0 Å². The maximum atomic E-state index is 11.0. The van der Waals surface area contributed by atoms with Gasteiger partial charge in [-0.25, -0.2) is 4.79 Å². The average molecular weight is 309 g/mol. The Bertz CT molecular complexity index is 535. The Balaban J connectivity index is 2.18. The lowest BCUT2D eigenvalue weighted by atomic mass is 10.1. The summed E-state index contributed by atoms with van der Waals surface area (Å²) in [5.41, 5.74) is 1.12. The second kappa shape index (κ2) is 6.50. The van der Waals surface area contributed by atoms with Crippen molar-refractivity contribution in [3.63, 3.8) is 0 Å².